The van der Waals surface area contributed by atoms with Gasteiger partial charge in [-0.15, -0.1) is 0 Å². The molecule has 0 aliphatic carbocycles. The van der Waals surface area contributed by atoms with Crippen molar-refractivity contribution in [2.24, 2.45) is 38.7 Å². The molecule has 0 unspecified atom stereocenters. The maximum absolute atomic E-state index is 14.7. The standard InChI is InChI=1S/C50H73N17O11/c1-28(68)61-33(15-7-22-57-48(51)52)41(70)64-36-19-20-40(69)56-21-10-18-37(47(76)77)65-46(75)39(26-30-27-60-32-14-6-5-13-31(30)32)67-43(72)35(16-8-23-58-49(53)54)63-45(74)38(25-29-11-3-2-4-12-29)66-42(71)34(62-44(36)73)17-9-24-59-50(55)78/h2-6,11-14,27,33-39,60H,7-10,15-26H2,1H3,(H,56,69)(H,61,68)(H,62,73)(H,63,74)(H,64,70)(H,65,75)(H,66,71)(H,67,72)(H,76,77)(H4,51,52,57)(H4,53,54,58)(H3,55,59,78)/t33-,34-,35-,36-,37-,38+,39-/m0/s1. The number of benzene rings is 2. The van der Waals surface area contributed by atoms with Gasteiger partial charge in [0.2, 0.25) is 47.3 Å². The number of aliphatic carboxylic acids is 1. The molecule has 0 radical (unpaired) electrons. The predicted octanol–water partition coefficient (Wildman–Crippen LogP) is -3.30. The van der Waals surface area contributed by atoms with E-state index in [1.165, 1.54) is 6.92 Å². The number of para-hydroxylation sites is 1. The lowest BCUT2D eigenvalue weighted by Gasteiger charge is -2.28. The molecule has 1 saturated heterocycles. The zero-order valence-corrected chi connectivity index (χ0v) is 43.4. The number of hydrogen-bond donors (Lipinski definition) is 16. The van der Waals surface area contributed by atoms with Gasteiger partial charge in [-0.2, -0.15) is 0 Å². The molecule has 28 nitrogen and oxygen atoms in total. The van der Waals surface area contributed by atoms with Crippen LogP contribution in [0, 0.1) is 0 Å². The number of urea groups is 1. The normalized spacial score (nSPS) is 20.6. The van der Waals surface area contributed by atoms with E-state index in [9.17, 15) is 53.1 Å². The van der Waals surface area contributed by atoms with Crippen LogP contribution in [0.4, 0.5) is 4.79 Å². The molecule has 0 saturated carbocycles. The Morgan fingerprint density at radius 1 is 0.692 bits per heavy atom. The second-order valence-electron chi connectivity index (χ2n) is 18.6. The monoisotopic (exact) mass is 1090 g/mol. The molecular weight excluding hydrogens is 1010 g/mol. The van der Waals surface area contributed by atoms with Gasteiger partial charge in [-0.3, -0.25) is 48.3 Å². The second-order valence-corrected chi connectivity index (χ2v) is 18.6. The number of carbonyl (C=O) groups excluding carboxylic acids is 9. The number of nitrogens with one attached hydrogen (secondary N) is 10. The van der Waals surface area contributed by atoms with Gasteiger partial charge in [0.25, 0.3) is 0 Å². The number of nitrogens with zero attached hydrogens (tertiary/aromatic N) is 2. The fourth-order valence-electron chi connectivity index (χ4n) is 8.42. The molecule has 1 aliphatic rings. The largest absolute Gasteiger partial charge is 0.480 e. The number of aliphatic imine (C=N–C) groups is 2. The lowest BCUT2D eigenvalue weighted by Crippen LogP contribution is -2.60. The minimum atomic E-state index is -1.54. The van der Waals surface area contributed by atoms with Gasteiger partial charge in [-0.05, 0) is 75.0 Å². The molecule has 21 N–H and O–H groups in total. The van der Waals surface area contributed by atoms with E-state index < -0.39 is 108 Å². The first-order chi connectivity index (χ1) is 37.2. The number of carboxylic acid groups (broad SMARTS) is 1. The SMILES string of the molecule is CC(=O)N[C@@H](CCCN=C(N)N)C(=O)N[C@H]1CCC(=O)NCCC[C@@H](C(=O)O)NC(=O)[C@H](Cc2c[nH]c3ccccc23)NC(=O)[C@H](CCCN=C(N)N)NC(=O)[C@@H](Cc2ccccc2)NC(=O)[C@H](CCCNC(N)=O)NC1=O. The van der Waals surface area contributed by atoms with Crippen molar-refractivity contribution in [2.45, 2.75) is 126 Å². The number of amides is 10. The van der Waals surface area contributed by atoms with E-state index >= 15 is 0 Å². The maximum Gasteiger partial charge on any atom is 0.326 e. The summed E-state index contributed by atoms with van der Waals surface area (Å²) in [6.07, 6.45) is 0.555. The first kappa shape index (κ1) is 61.6. The van der Waals surface area contributed by atoms with E-state index in [1.54, 1.807) is 54.7 Å². The summed E-state index contributed by atoms with van der Waals surface area (Å²) in [6.45, 7) is 1.15. The molecule has 1 fully saturated rings. The molecular formula is C50H73N17O11. The molecule has 7 atom stereocenters. The first-order valence-corrected chi connectivity index (χ1v) is 25.5. The third-order valence-electron chi connectivity index (χ3n) is 12.4. The van der Waals surface area contributed by atoms with E-state index in [0.717, 1.165) is 10.9 Å². The van der Waals surface area contributed by atoms with Gasteiger partial charge >= 0.3 is 12.0 Å². The molecule has 4 rings (SSSR count). The number of carbonyl (C=O) groups is 10. The molecule has 10 amide bonds. The molecule has 2 heterocycles. The predicted molar refractivity (Wildman–Crippen MR) is 287 cm³/mol. The summed E-state index contributed by atoms with van der Waals surface area (Å²) in [5, 5.41) is 34.4. The number of guanidine groups is 2. The van der Waals surface area contributed by atoms with E-state index in [-0.39, 0.29) is 109 Å². The summed E-state index contributed by atoms with van der Waals surface area (Å²) in [6, 6.07) is 4.80. The van der Waals surface area contributed by atoms with Gasteiger partial charge in [0, 0.05) is 69.5 Å². The number of primary amides is 1. The van der Waals surface area contributed by atoms with Gasteiger partial charge in [0.05, 0.1) is 0 Å². The molecule has 424 valence electrons. The Labute approximate surface area is 449 Å². The fraction of sp³-hybridized carbons (Fsp3) is 0.480. The van der Waals surface area contributed by atoms with E-state index in [4.69, 9.17) is 28.7 Å². The number of fused-ring (bicyclic) bond motifs is 1. The number of hydrogen-bond acceptors (Lipinski definition) is 12. The third kappa shape index (κ3) is 21.7. The Hall–Kier alpha value is -8.98. The molecule has 0 spiro atoms. The average molecular weight is 1090 g/mol. The number of H-pyrrole nitrogens is 1. The Bertz CT molecular complexity index is 2620. The smallest absolute Gasteiger partial charge is 0.326 e. The van der Waals surface area contributed by atoms with Crippen LogP contribution < -0.4 is 76.5 Å². The van der Waals surface area contributed by atoms with Crippen molar-refractivity contribution in [1.29, 1.82) is 0 Å². The van der Waals surface area contributed by atoms with Crippen molar-refractivity contribution < 1.29 is 53.1 Å². The quantitative estimate of drug-likeness (QED) is 0.0299. The van der Waals surface area contributed by atoms with Crippen LogP contribution in [-0.2, 0) is 56.0 Å². The molecule has 2 aromatic carbocycles. The highest BCUT2D eigenvalue weighted by Crippen LogP contribution is 2.20. The highest BCUT2D eigenvalue weighted by molar-refractivity contribution is 5.98. The van der Waals surface area contributed by atoms with Gasteiger partial charge < -0.3 is 86.6 Å². The lowest BCUT2D eigenvalue weighted by atomic mass is 10.0. The molecule has 3 aromatic rings. The molecule has 28 heteroatoms. The van der Waals surface area contributed by atoms with Crippen LogP contribution in [0.25, 0.3) is 10.9 Å². The average Bonchev–Trinajstić information content (AvgIpc) is 3.80. The van der Waals surface area contributed by atoms with Gasteiger partial charge in [0.1, 0.15) is 42.3 Å². The Balaban J connectivity index is 1.80. The number of rotatable bonds is 20. The summed E-state index contributed by atoms with van der Waals surface area (Å²) >= 11 is 0. The number of aromatic amines is 1. The topological polar surface area (TPSA) is 470 Å². The fourth-order valence-corrected chi connectivity index (χ4v) is 8.42. The van der Waals surface area contributed by atoms with Crippen LogP contribution in [0.5, 0.6) is 0 Å². The number of nitrogens with two attached hydrogens (primary N) is 5. The van der Waals surface area contributed by atoms with E-state index in [1.807, 2.05) is 6.07 Å². The maximum atomic E-state index is 14.7. The summed E-state index contributed by atoms with van der Waals surface area (Å²) in [7, 11) is 0. The molecule has 78 heavy (non-hydrogen) atoms. The first-order valence-electron chi connectivity index (χ1n) is 25.5. The van der Waals surface area contributed by atoms with Crippen LogP contribution in [-0.4, -0.2) is 150 Å². The van der Waals surface area contributed by atoms with Crippen molar-refractivity contribution >= 4 is 82.1 Å². The zero-order chi connectivity index (χ0) is 57.1. The minimum Gasteiger partial charge on any atom is -0.480 e. The van der Waals surface area contributed by atoms with Crippen LogP contribution in [0.3, 0.4) is 0 Å². The van der Waals surface area contributed by atoms with E-state index in [2.05, 4.69) is 62.8 Å². The van der Waals surface area contributed by atoms with Crippen molar-refractivity contribution in [3.63, 3.8) is 0 Å². The van der Waals surface area contributed by atoms with Crippen LogP contribution >= 0.6 is 0 Å². The number of aromatic nitrogens is 1. The van der Waals surface area contributed by atoms with Crippen molar-refractivity contribution in [2.75, 3.05) is 26.2 Å². The van der Waals surface area contributed by atoms with E-state index in [0.29, 0.717) is 11.1 Å². The van der Waals surface area contributed by atoms with Crippen LogP contribution in [0.1, 0.15) is 82.3 Å². The molecule has 1 aromatic heterocycles. The molecule has 0 bridgehead atoms. The third-order valence-corrected chi connectivity index (χ3v) is 12.4. The second kappa shape index (κ2) is 31.8. The van der Waals surface area contributed by atoms with Gasteiger partial charge in [-0.25, -0.2) is 9.59 Å². The van der Waals surface area contributed by atoms with Crippen molar-refractivity contribution in [3.05, 3.63) is 71.9 Å². The van der Waals surface area contributed by atoms with Crippen LogP contribution in [0.15, 0.2) is 70.8 Å². The summed E-state index contributed by atoms with van der Waals surface area (Å²) < 4.78 is 0. The highest BCUT2D eigenvalue weighted by Gasteiger charge is 2.35. The summed E-state index contributed by atoms with van der Waals surface area (Å²) in [5.41, 5.74) is 29.2. The van der Waals surface area contributed by atoms with Crippen molar-refractivity contribution in [3.8, 4) is 0 Å². The van der Waals surface area contributed by atoms with Gasteiger partial charge in [0.15, 0.2) is 11.9 Å². The minimum absolute atomic E-state index is 0.0150. The number of carboxylic acids is 1. The lowest BCUT2D eigenvalue weighted by molar-refractivity contribution is -0.142. The Morgan fingerprint density at radius 2 is 1.27 bits per heavy atom. The summed E-state index contributed by atoms with van der Waals surface area (Å²) in [4.78, 5) is 147. The molecule has 1 aliphatic heterocycles. The van der Waals surface area contributed by atoms with Crippen LogP contribution in [0.2, 0.25) is 0 Å². The zero-order valence-electron chi connectivity index (χ0n) is 43.4. The highest BCUT2D eigenvalue weighted by atomic mass is 16.4. The Morgan fingerprint density at radius 3 is 1.91 bits per heavy atom. The van der Waals surface area contributed by atoms with Crippen molar-refractivity contribution in [1.82, 2.24) is 52.8 Å². The Kier molecular flexibility index (Phi) is 25.1. The van der Waals surface area contributed by atoms with Gasteiger partial charge in [-0.1, -0.05) is 48.5 Å². The summed E-state index contributed by atoms with van der Waals surface area (Å²) in [5.74, 6) is -8.35.